The molecule has 0 aromatic carbocycles. The topological polar surface area (TPSA) is 49.2 Å². The van der Waals surface area contributed by atoms with Gasteiger partial charge in [0.1, 0.15) is 13.5 Å². The minimum absolute atomic E-state index is 0.120. The van der Waals surface area contributed by atoms with E-state index in [9.17, 15) is 5.11 Å². The Hall–Kier alpha value is -0.680. The first kappa shape index (κ1) is 3.17. The molecule has 2 rings (SSSR count). The fraction of sp³-hybridized carbons (Fsp3) is 0.500. The number of hydrogen-bond donors (Lipinski definition) is 1. The summed E-state index contributed by atoms with van der Waals surface area (Å²) >= 11 is 2.87. The van der Waals surface area contributed by atoms with Gasteiger partial charge in [0.2, 0.25) is 0 Å². The predicted octanol–water partition coefficient (Wildman–Crippen LogP) is 0.810. The van der Waals surface area contributed by atoms with Crippen molar-refractivity contribution in [2.75, 3.05) is 17.9 Å². The molecular formula is C8H10BrN3O. The number of aliphatic hydroxyl groups is 1. The van der Waals surface area contributed by atoms with Crippen LogP contribution in [0.25, 0.3) is 0 Å². The van der Waals surface area contributed by atoms with Gasteiger partial charge in [0, 0.05) is 24.6 Å². The Morgan fingerprint density at radius 3 is 3.46 bits per heavy atom. The fourth-order valence-electron chi connectivity index (χ4n) is 0.770. The Morgan fingerprint density at radius 1 is 1.92 bits per heavy atom. The molecule has 0 saturated carbocycles. The van der Waals surface area contributed by atoms with Crippen molar-refractivity contribution in [3.8, 4) is 0 Å². The van der Waals surface area contributed by atoms with Gasteiger partial charge < -0.3 is 10.0 Å². The summed E-state index contributed by atoms with van der Waals surface area (Å²) in [5, 5.41) is 9.93. The van der Waals surface area contributed by atoms with Gasteiger partial charge in [-0.3, -0.25) is 0 Å². The van der Waals surface area contributed by atoms with Crippen LogP contribution in [0, 0.1) is 0 Å². The van der Waals surface area contributed by atoms with Crippen molar-refractivity contribution < 1.29 is 17.4 Å². The van der Waals surface area contributed by atoms with E-state index in [-0.39, 0.29) is 9.37 Å². The second kappa shape index (κ2) is 3.59. The van der Waals surface area contributed by atoms with Gasteiger partial charge in [-0.2, -0.15) is 0 Å². The lowest BCUT2D eigenvalue weighted by molar-refractivity contribution is 0.198. The molecule has 0 bridgehead atoms. The molecule has 1 saturated heterocycles. The summed E-state index contributed by atoms with van der Waals surface area (Å²) in [7, 11) is 0. The minimum Gasteiger partial charge on any atom is -0.391 e. The van der Waals surface area contributed by atoms with Crippen molar-refractivity contribution in [1.29, 1.82) is 0 Å². The van der Waals surface area contributed by atoms with Crippen LogP contribution in [0.4, 0.5) is 5.82 Å². The summed E-state index contributed by atoms with van der Waals surface area (Å²) in [6, 6.07) is 0. The maximum Gasteiger partial charge on any atom is 0.146 e. The van der Waals surface area contributed by atoms with Crippen LogP contribution >= 0.6 is 15.9 Å². The van der Waals surface area contributed by atoms with Crippen molar-refractivity contribution in [3.63, 3.8) is 0 Å². The Morgan fingerprint density at radius 2 is 2.77 bits per heavy atom. The van der Waals surface area contributed by atoms with Crippen molar-refractivity contribution in [2.45, 2.75) is 12.5 Å². The molecule has 1 aliphatic heterocycles. The molecule has 1 N–H and O–H groups in total. The summed E-state index contributed by atoms with van der Waals surface area (Å²) in [6.45, 7) is -6.40. The number of β-amino-alcohol motifs (C(OH)–C–C–N with tert-alkyl or cyclic N) is 1. The van der Waals surface area contributed by atoms with Crippen molar-refractivity contribution in [1.82, 2.24) is 9.97 Å². The lowest BCUT2D eigenvalue weighted by Gasteiger charge is -2.16. The van der Waals surface area contributed by atoms with Crippen LogP contribution in [0.3, 0.4) is 0 Å². The van der Waals surface area contributed by atoms with E-state index in [0.29, 0.717) is 0 Å². The first-order valence-corrected chi connectivity index (χ1v) is 4.02. The van der Waals surface area contributed by atoms with Crippen molar-refractivity contribution in [3.05, 3.63) is 16.9 Å². The average Bonchev–Trinajstić information content (AvgIpc) is 2.39. The molecule has 1 aromatic heterocycles. The van der Waals surface area contributed by atoms with Gasteiger partial charge >= 0.3 is 0 Å². The van der Waals surface area contributed by atoms with Crippen LogP contribution in [-0.4, -0.2) is 34.1 Å². The molecule has 1 unspecified atom stereocenters. The highest BCUT2D eigenvalue weighted by Crippen LogP contribution is 2.25. The summed E-state index contributed by atoms with van der Waals surface area (Å²) in [5.74, 6) is -0.632. The highest BCUT2D eigenvalue weighted by Gasteiger charge is 2.22. The highest BCUT2D eigenvalue weighted by atomic mass is 79.9. The summed E-state index contributed by atoms with van der Waals surface area (Å²) < 4.78 is 68.7. The van der Waals surface area contributed by atoms with Gasteiger partial charge in [0.05, 0.1) is 16.0 Å². The third-order valence-corrected chi connectivity index (χ3v) is 1.80. The first-order chi connectivity index (χ1) is 9.69. The molecule has 0 aliphatic carbocycles. The number of anilines is 1. The molecule has 1 aliphatic rings. The second-order valence-electron chi connectivity index (χ2n) is 2.11. The van der Waals surface area contributed by atoms with E-state index in [4.69, 9.17) is 12.3 Å². The second-order valence-corrected chi connectivity index (χ2v) is 2.90. The SMILES string of the molecule is [2H]c1nc([2H])c(Br)c(N2C([2H])([2H])C([2H])([2H])C([2H])(O)C2([2H])[2H])n1. The molecule has 4 nitrogen and oxygen atoms in total. The predicted molar refractivity (Wildman–Crippen MR) is 52.6 cm³/mol. The van der Waals surface area contributed by atoms with E-state index in [2.05, 4.69) is 25.9 Å². The molecule has 13 heavy (non-hydrogen) atoms. The van der Waals surface area contributed by atoms with Crippen molar-refractivity contribution >= 4 is 21.7 Å². The molecule has 0 amide bonds. The summed E-state index contributed by atoms with van der Waals surface area (Å²) in [4.78, 5) is 7.01. The molecule has 0 radical (unpaired) electrons. The quantitative estimate of drug-likeness (QED) is 0.804. The average molecular weight is 253 g/mol. The third-order valence-electron chi connectivity index (χ3n) is 1.27. The number of aromatic nitrogens is 2. The molecule has 0 spiro atoms. The number of halogens is 1. The standard InChI is InChI=1S/C8H10BrN3O/c9-7-3-10-5-11-8(7)12-2-1-6(13)4-12/h3,5-6,13H,1-2,4H2/i1D2,2D2,3D,4D2,5D,6D. The number of rotatable bonds is 1. The molecule has 70 valence electrons. The zero-order valence-electron chi connectivity index (χ0n) is 15.2. The number of nitrogens with zero attached hydrogens (tertiary/aromatic N) is 3. The van der Waals surface area contributed by atoms with E-state index < -0.39 is 43.7 Å². The zero-order chi connectivity index (χ0) is 17.3. The maximum atomic E-state index is 9.93. The van der Waals surface area contributed by atoms with Crippen LogP contribution in [0.5, 0.6) is 0 Å². The highest BCUT2D eigenvalue weighted by molar-refractivity contribution is 9.10. The third kappa shape index (κ3) is 1.81. The molecule has 5 heteroatoms. The van der Waals surface area contributed by atoms with Gasteiger partial charge in [-0.05, 0) is 22.3 Å². The van der Waals surface area contributed by atoms with Gasteiger partial charge in [-0.1, -0.05) is 0 Å². The molecule has 1 fully saturated rings. The summed E-state index contributed by atoms with van der Waals surface area (Å²) in [6.07, 6.45) is -8.03. The summed E-state index contributed by atoms with van der Waals surface area (Å²) in [5.41, 5.74) is 0. The van der Waals surface area contributed by atoms with E-state index >= 15 is 0 Å². The van der Waals surface area contributed by atoms with Crippen LogP contribution in [0.2, 0.25) is 0 Å². The lowest BCUT2D eigenvalue weighted by Crippen LogP contribution is -2.22. The Kier molecular flexibility index (Phi) is 0.876. The molecular weight excluding hydrogens is 234 g/mol. The van der Waals surface area contributed by atoms with Crippen LogP contribution < -0.4 is 4.90 Å². The Labute approximate surface area is 97.4 Å². The maximum absolute atomic E-state index is 9.93. The van der Waals surface area contributed by atoms with E-state index in [1.165, 1.54) is 0 Å². The van der Waals surface area contributed by atoms with Crippen LogP contribution in [0.15, 0.2) is 16.9 Å². The first-order valence-electron chi connectivity index (χ1n) is 7.73. The lowest BCUT2D eigenvalue weighted by atomic mass is 10.3. The smallest absolute Gasteiger partial charge is 0.146 e. The fourth-order valence-corrected chi connectivity index (χ4v) is 1.12. The van der Waals surface area contributed by atoms with E-state index in [1.54, 1.807) is 0 Å². The Bertz CT molecular complexity index is 612. The largest absolute Gasteiger partial charge is 0.391 e. The number of hydrogen-bond acceptors (Lipinski definition) is 4. The van der Waals surface area contributed by atoms with Crippen LogP contribution in [-0.2, 0) is 0 Å². The van der Waals surface area contributed by atoms with E-state index in [0.717, 1.165) is 0 Å². The Balaban J connectivity index is 2.80. The van der Waals surface area contributed by atoms with E-state index in [1.807, 2.05) is 0 Å². The molecule has 1 aromatic rings. The normalized spacial score (nSPS) is 49.7. The van der Waals surface area contributed by atoms with Gasteiger partial charge in [-0.15, -0.1) is 0 Å². The minimum atomic E-state index is -3.46. The van der Waals surface area contributed by atoms with Crippen molar-refractivity contribution in [2.24, 2.45) is 0 Å². The van der Waals surface area contributed by atoms with Gasteiger partial charge in [0.15, 0.2) is 0 Å². The monoisotopic (exact) mass is 252 g/mol. The van der Waals surface area contributed by atoms with Crippen LogP contribution in [0.1, 0.15) is 18.7 Å². The van der Waals surface area contributed by atoms with Gasteiger partial charge in [0.25, 0.3) is 0 Å². The zero-order valence-corrected chi connectivity index (χ0v) is 7.75. The van der Waals surface area contributed by atoms with Gasteiger partial charge in [-0.25, -0.2) is 9.97 Å². The molecule has 2 heterocycles. The molecule has 1 atom stereocenters.